The molecule has 0 spiro atoms. The van der Waals surface area contributed by atoms with Crippen LogP contribution in [0, 0.1) is 0 Å². The van der Waals surface area contributed by atoms with Gasteiger partial charge in [0, 0.05) is 12.8 Å². The molecule has 0 radical (unpaired) electrons. The maximum absolute atomic E-state index is 12.2. The first kappa shape index (κ1) is 52.9. The van der Waals surface area contributed by atoms with Crippen LogP contribution >= 0.6 is 0 Å². The van der Waals surface area contributed by atoms with E-state index < -0.39 is 6.10 Å². The van der Waals surface area contributed by atoms with E-state index in [1.807, 2.05) is 0 Å². The summed E-state index contributed by atoms with van der Waals surface area (Å²) in [4.78, 5) is 24.4. The van der Waals surface area contributed by atoms with Gasteiger partial charge < -0.3 is 14.6 Å². The number of esters is 2. The van der Waals surface area contributed by atoms with Gasteiger partial charge in [-0.25, -0.2) is 0 Å². The summed E-state index contributed by atoms with van der Waals surface area (Å²) in [5.74, 6) is -0.602. The minimum Gasteiger partial charge on any atom is -0.462 e. The summed E-state index contributed by atoms with van der Waals surface area (Å²) in [6.07, 6.45) is 59.0. The lowest BCUT2D eigenvalue weighted by atomic mass is 10.0. The third-order valence-corrected chi connectivity index (χ3v) is 10.3. The van der Waals surface area contributed by atoms with Crippen LogP contribution < -0.4 is 0 Å². The molecule has 0 rings (SSSR count). The molecule has 5 heteroatoms. The van der Waals surface area contributed by atoms with Crippen LogP contribution in [0.3, 0.4) is 0 Å². The lowest BCUT2D eigenvalue weighted by Gasteiger charge is -2.15. The average Bonchev–Trinajstić information content (AvgIpc) is 3.19. The summed E-state index contributed by atoms with van der Waals surface area (Å²) < 4.78 is 10.6. The minimum atomic E-state index is -0.778. The van der Waals surface area contributed by atoms with Crippen molar-refractivity contribution in [2.24, 2.45) is 0 Å². The minimum absolute atomic E-state index is 0.0727. The number of hydrogen-bond acceptors (Lipinski definition) is 5. The zero-order valence-corrected chi connectivity index (χ0v) is 36.4. The predicted octanol–water partition coefficient (Wildman–Crippen LogP) is 15.4. The molecule has 55 heavy (non-hydrogen) atoms. The second-order valence-corrected chi connectivity index (χ2v) is 15.8. The van der Waals surface area contributed by atoms with Gasteiger partial charge in [-0.15, -0.1) is 0 Å². The van der Waals surface area contributed by atoms with Crippen LogP contribution in [0.15, 0.2) is 48.6 Å². The van der Waals surface area contributed by atoms with Gasteiger partial charge in [-0.1, -0.05) is 197 Å². The van der Waals surface area contributed by atoms with E-state index >= 15 is 0 Å². The maximum Gasteiger partial charge on any atom is 0.306 e. The monoisotopic (exact) mass is 771 g/mol. The van der Waals surface area contributed by atoms with Gasteiger partial charge in [0.25, 0.3) is 0 Å². The fourth-order valence-electron chi connectivity index (χ4n) is 6.73. The van der Waals surface area contributed by atoms with Gasteiger partial charge in [0.05, 0.1) is 6.61 Å². The molecule has 1 atom stereocenters. The summed E-state index contributed by atoms with van der Waals surface area (Å²) in [5, 5.41) is 9.60. The van der Waals surface area contributed by atoms with Crippen molar-refractivity contribution in [3.05, 3.63) is 48.6 Å². The molecule has 0 aliphatic carbocycles. The summed E-state index contributed by atoms with van der Waals surface area (Å²) in [6, 6.07) is 0. The molecule has 0 aliphatic rings. The molecule has 1 N–H and O–H groups in total. The normalized spacial score (nSPS) is 12.6. The molecule has 0 saturated heterocycles. The number of rotatable bonds is 43. The summed E-state index contributed by atoms with van der Waals surface area (Å²) in [5.41, 5.74) is 0. The zero-order valence-electron chi connectivity index (χ0n) is 36.4. The summed E-state index contributed by atoms with van der Waals surface area (Å²) >= 11 is 0. The van der Waals surface area contributed by atoms with Gasteiger partial charge in [-0.3, -0.25) is 9.59 Å². The van der Waals surface area contributed by atoms with Crippen LogP contribution in [0.1, 0.15) is 239 Å². The van der Waals surface area contributed by atoms with Crippen molar-refractivity contribution in [1.82, 2.24) is 0 Å². The lowest BCUT2D eigenvalue weighted by Crippen LogP contribution is -2.28. The van der Waals surface area contributed by atoms with Crippen LogP contribution in [0.2, 0.25) is 0 Å². The van der Waals surface area contributed by atoms with Crippen LogP contribution in [-0.4, -0.2) is 36.4 Å². The standard InChI is InChI=1S/C50H90O5/c1-3-5-7-9-11-13-15-17-19-21-22-23-24-25-26-27-28-29-31-33-35-37-39-41-43-45-50(53)55-48(46-51)47-54-49(52)44-42-40-38-36-34-32-30-20-18-16-14-12-10-8-6-4-2/h14-17,20-22,30,48,51H,3-13,18-19,23-29,31-47H2,1-2H3/b16-14-,17-15-,22-21-,30-20-. The number of allylic oxidation sites excluding steroid dienone is 8. The van der Waals surface area contributed by atoms with Gasteiger partial charge in [0.1, 0.15) is 6.61 Å². The molecule has 0 saturated carbocycles. The van der Waals surface area contributed by atoms with Gasteiger partial charge in [-0.2, -0.15) is 0 Å². The summed E-state index contributed by atoms with van der Waals surface area (Å²) in [6.45, 7) is 4.11. The van der Waals surface area contributed by atoms with Crippen molar-refractivity contribution >= 4 is 11.9 Å². The molecule has 0 fully saturated rings. The number of hydrogen-bond donors (Lipinski definition) is 1. The van der Waals surface area contributed by atoms with Crippen molar-refractivity contribution in [2.75, 3.05) is 13.2 Å². The highest BCUT2D eigenvalue weighted by Gasteiger charge is 2.16. The molecule has 320 valence electrons. The first-order valence-corrected chi connectivity index (χ1v) is 23.7. The zero-order chi connectivity index (χ0) is 40.0. The first-order valence-electron chi connectivity index (χ1n) is 23.7. The summed E-state index contributed by atoms with van der Waals surface area (Å²) in [7, 11) is 0. The van der Waals surface area contributed by atoms with E-state index in [1.54, 1.807) is 0 Å². The van der Waals surface area contributed by atoms with Crippen LogP contribution in [0.25, 0.3) is 0 Å². The number of ether oxygens (including phenoxy) is 2. The fraction of sp³-hybridized carbons (Fsp3) is 0.800. The fourth-order valence-corrected chi connectivity index (χ4v) is 6.73. The Kier molecular flexibility index (Phi) is 44.4. The van der Waals surface area contributed by atoms with E-state index in [0.29, 0.717) is 12.8 Å². The van der Waals surface area contributed by atoms with E-state index in [-0.39, 0.29) is 25.2 Å². The van der Waals surface area contributed by atoms with Gasteiger partial charge in [0.2, 0.25) is 0 Å². The number of aliphatic hydroxyl groups excluding tert-OH is 1. The Bertz CT molecular complexity index is 919. The Morgan fingerprint density at radius 1 is 0.418 bits per heavy atom. The van der Waals surface area contributed by atoms with E-state index in [1.165, 1.54) is 154 Å². The highest BCUT2D eigenvalue weighted by molar-refractivity contribution is 5.70. The molecular weight excluding hydrogens is 681 g/mol. The Balaban J connectivity index is 3.51. The third kappa shape index (κ3) is 44.4. The molecule has 1 unspecified atom stereocenters. The van der Waals surface area contributed by atoms with Crippen molar-refractivity contribution in [3.8, 4) is 0 Å². The molecule has 0 aromatic heterocycles. The number of unbranched alkanes of at least 4 members (excludes halogenated alkanes) is 27. The average molecular weight is 771 g/mol. The van der Waals surface area contributed by atoms with Crippen molar-refractivity contribution in [3.63, 3.8) is 0 Å². The van der Waals surface area contributed by atoms with Crippen LogP contribution in [0.4, 0.5) is 0 Å². The quantitative estimate of drug-likeness (QED) is 0.0380. The smallest absolute Gasteiger partial charge is 0.306 e. The van der Waals surface area contributed by atoms with Gasteiger partial charge in [0.15, 0.2) is 6.10 Å². The van der Waals surface area contributed by atoms with E-state index in [2.05, 4.69) is 62.5 Å². The van der Waals surface area contributed by atoms with Crippen LogP contribution in [-0.2, 0) is 19.1 Å². The molecular formula is C50H90O5. The third-order valence-electron chi connectivity index (χ3n) is 10.3. The van der Waals surface area contributed by atoms with Crippen molar-refractivity contribution in [1.29, 1.82) is 0 Å². The van der Waals surface area contributed by atoms with E-state index in [9.17, 15) is 14.7 Å². The Morgan fingerprint density at radius 2 is 0.727 bits per heavy atom. The molecule has 5 nitrogen and oxygen atoms in total. The predicted molar refractivity (Wildman–Crippen MR) is 237 cm³/mol. The van der Waals surface area contributed by atoms with Crippen molar-refractivity contribution < 1.29 is 24.2 Å². The largest absolute Gasteiger partial charge is 0.462 e. The number of carbonyl (C=O) groups is 2. The second kappa shape index (κ2) is 46.2. The molecule has 0 aromatic rings. The van der Waals surface area contributed by atoms with Gasteiger partial charge in [-0.05, 0) is 77.0 Å². The topological polar surface area (TPSA) is 72.8 Å². The van der Waals surface area contributed by atoms with Crippen molar-refractivity contribution in [2.45, 2.75) is 245 Å². The van der Waals surface area contributed by atoms with Crippen LogP contribution in [0.5, 0.6) is 0 Å². The highest BCUT2D eigenvalue weighted by atomic mass is 16.6. The highest BCUT2D eigenvalue weighted by Crippen LogP contribution is 2.15. The maximum atomic E-state index is 12.2. The molecule has 0 aromatic carbocycles. The van der Waals surface area contributed by atoms with E-state index in [0.717, 1.165) is 57.8 Å². The number of carbonyl (C=O) groups excluding carboxylic acids is 2. The molecule has 0 aliphatic heterocycles. The second-order valence-electron chi connectivity index (χ2n) is 15.8. The Hall–Kier alpha value is -2.14. The number of aliphatic hydroxyl groups is 1. The molecule has 0 heterocycles. The van der Waals surface area contributed by atoms with E-state index in [4.69, 9.17) is 9.47 Å². The van der Waals surface area contributed by atoms with Gasteiger partial charge >= 0.3 is 11.9 Å². The Labute approximate surface area is 341 Å². The molecule has 0 amide bonds. The first-order chi connectivity index (χ1) is 27.1. The Morgan fingerprint density at radius 3 is 1.09 bits per heavy atom. The SMILES string of the molecule is CCCCCC/C=C\C/C=C\CCCCCCCC(=O)OCC(CO)OC(=O)CCCCCCCCCCCCCCC/C=C\C/C=C\CCCCCCC. The lowest BCUT2D eigenvalue weighted by molar-refractivity contribution is -0.161. The molecule has 0 bridgehead atoms.